The van der Waals surface area contributed by atoms with Gasteiger partial charge < -0.3 is 15.2 Å². The van der Waals surface area contributed by atoms with Crippen LogP contribution >= 0.6 is 11.6 Å². The van der Waals surface area contributed by atoms with Gasteiger partial charge >= 0.3 is 0 Å². The second kappa shape index (κ2) is 6.18. The Balaban J connectivity index is 1.60. The molecule has 0 aliphatic carbocycles. The van der Waals surface area contributed by atoms with Crippen molar-refractivity contribution in [1.82, 2.24) is 9.80 Å². The van der Waals surface area contributed by atoms with E-state index in [1.807, 2.05) is 18.2 Å². The molecule has 1 atom stereocenters. The first-order valence-corrected chi connectivity index (χ1v) is 7.39. The molecule has 0 spiro atoms. The van der Waals surface area contributed by atoms with E-state index in [9.17, 15) is 0 Å². The molecule has 0 radical (unpaired) electrons. The Morgan fingerprint density at radius 3 is 2.75 bits per heavy atom. The molecular weight excluding hydrogens is 278 g/mol. The number of nitrogens with two attached hydrogens (primary N) is 1. The molecule has 6 heteroatoms. The van der Waals surface area contributed by atoms with Crippen LogP contribution in [0.15, 0.2) is 18.2 Å². The summed E-state index contributed by atoms with van der Waals surface area (Å²) in [5.74, 6) is 1.51. The van der Waals surface area contributed by atoms with Gasteiger partial charge in [-0.3, -0.25) is 9.80 Å². The van der Waals surface area contributed by atoms with Crippen LogP contribution in [-0.2, 0) is 0 Å². The third-order valence-electron chi connectivity index (χ3n) is 3.81. The van der Waals surface area contributed by atoms with E-state index in [2.05, 4.69) is 9.80 Å². The van der Waals surface area contributed by atoms with Crippen LogP contribution in [0.2, 0.25) is 5.02 Å². The van der Waals surface area contributed by atoms with Crippen molar-refractivity contribution in [3.8, 4) is 11.5 Å². The highest BCUT2D eigenvalue weighted by atomic mass is 35.5. The smallest absolute Gasteiger partial charge is 0.187 e. The molecule has 1 aromatic carbocycles. The van der Waals surface area contributed by atoms with Gasteiger partial charge in [0.1, 0.15) is 6.61 Å². The Kier molecular flexibility index (Phi) is 4.31. The van der Waals surface area contributed by atoms with Gasteiger partial charge in [0.15, 0.2) is 17.7 Å². The Morgan fingerprint density at radius 1 is 1.20 bits per heavy atom. The van der Waals surface area contributed by atoms with Crippen LogP contribution in [0, 0.1) is 0 Å². The lowest BCUT2D eigenvalue weighted by atomic mass is 10.2. The Bertz CT molecular complexity index is 464. The van der Waals surface area contributed by atoms with Crippen molar-refractivity contribution in [1.29, 1.82) is 0 Å². The summed E-state index contributed by atoms with van der Waals surface area (Å²) >= 11 is 6.00. The number of nitrogens with zero attached hydrogens (tertiary/aromatic N) is 2. The summed E-state index contributed by atoms with van der Waals surface area (Å²) in [6, 6.07) is 5.48. The molecule has 0 saturated carbocycles. The highest BCUT2D eigenvalue weighted by Crippen LogP contribution is 2.34. The zero-order valence-electron chi connectivity index (χ0n) is 11.4. The van der Waals surface area contributed by atoms with Gasteiger partial charge in [0.2, 0.25) is 0 Å². The Labute approximate surface area is 124 Å². The molecule has 2 aliphatic rings. The Morgan fingerprint density at radius 2 is 2.00 bits per heavy atom. The maximum atomic E-state index is 6.02. The zero-order valence-corrected chi connectivity index (χ0v) is 12.2. The van der Waals surface area contributed by atoms with E-state index in [0.29, 0.717) is 11.6 Å². The minimum absolute atomic E-state index is 0.0269. The zero-order chi connectivity index (χ0) is 13.9. The lowest BCUT2D eigenvalue weighted by Gasteiger charge is -2.40. The number of hydrogen-bond acceptors (Lipinski definition) is 5. The van der Waals surface area contributed by atoms with Crippen molar-refractivity contribution in [3.63, 3.8) is 0 Å². The molecule has 2 N–H and O–H groups in total. The molecule has 110 valence electrons. The lowest BCUT2D eigenvalue weighted by molar-refractivity contribution is -0.0489. The number of hydrogen-bond donors (Lipinski definition) is 1. The molecular formula is C14H20ClN3O2. The van der Waals surface area contributed by atoms with E-state index in [1.165, 1.54) is 0 Å². The van der Waals surface area contributed by atoms with Crippen molar-refractivity contribution in [2.45, 2.75) is 6.23 Å². The minimum Gasteiger partial charge on any atom is -0.484 e. The summed E-state index contributed by atoms with van der Waals surface area (Å²) < 4.78 is 11.8. The average molecular weight is 298 g/mol. The van der Waals surface area contributed by atoms with Crippen molar-refractivity contribution in [2.24, 2.45) is 5.73 Å². The normalized spacial score (nSPS) is 23.8. The van der Waals surface area contributed by atoms with Crippen molar-refractivity contribution in [3.05, 3.63) is 23.2 Å². The van der Waals surface area contributed by atoms with E-state index in [1.54, 1.807) is 0 Å². The molecule has 2 heterocycles. The number of piperazine rings is 1. The quantitative estimate of drug-likeness (QED) is 0.902. The van der Waals surface area contributed by atoms with Gasteiger partial charge in [0.25, 0.3) is 0 Å². The highest BCUT2D eigenvalue weighted by molar-refractivity contribution is 6.30. The fourth-order valence-corrected chi connectivity index (χ4v) is 2.83. The third kappa shape index (κ3) is 3.01. The largest absolute Gasteiger partial charge is 0.484 e. The van der Waals surface area contributed by atoms with Gasteiger partial charge in [-0.05, 0) is 12.1 Å². The van der Waals surface area contributed by atoms with Crippen LogP contribution < -0.4 is 15.2 Å². The molecule has 0 amide bonds. The number of fused-ring (bicyclic) bond motifs is 1. The summed E-state index contributed by atoms with van der Waals surface area (Å²) in [5.41, 5.74) is 5.59. The van der Waals surface area contributed by atoms with Crippen LogP contribution in [0.1, 0.15) is 0 Å². The van der Waals surface area contributed by atoms with Crippen molar-refractivity contribution in [2.75, 3.05) is 45.9 Å². The molecule has 1 aromatic rings. The highest BCUT2D eigenvalue weighted by Gasteiger charge is 2.29. The molecule has 3 rings (SSSR count). The van der Waals surface area contributed by atoms with Gasteiger partial charge in [0, 0.05) is 50.4 Å². The fourth-order valence-electron chi connectivity index (χ4n) is 2.67. The standard InChI is InChI=1S/C14H20ClN3O2/c15-11-1-2-12-13(9-11)20-14(10-19-12)18-7-5-17(4-3-16)6-8-18/h1-2,9,14H,3-8,10,16H2. The van der Waals surface area contributed by atoms with Crippen molar-refractivity contribution < 1.29 is 9.47 Å². The summed E-state index contributed by atoms with van der Waals surface area (Å²) in [7, 11) is 0. The Hall–Kier alpha value is -1.01. The summed E-state index contributed by atoms with van der Waals surface area (Å²) in [5, 5.41) is 0.667. The van der Waals surface area contributed by atoms with Crippen LogP contribution in [0.5, 0.6) is 11.5 Å². The molecule has 20 heavy (non-hydrogen) atoms. The van der Waals surface area contributed by atoms with E-state index in [0.717, 1.165) is 50.8 Å². The van der Waals surface area contributed by atoms with Gasteiger partial charge in [-0.15, -0.1) is 0 Å². The second-order valence-corrected chi connectivity index (χ2v) is 5.58. The van der Waals surface area contributed by atoms with Crippen LogP contribution in [0.25, 0.3) is 0 Å². The minimum atomic E-state index is -0.0269. The first-order chi connectivity index (χ1) is 9.76. The third-order valence-corrected chi connectivity index (χ3v) is 4.04. The molecule has 2 aliphatic heterocycles. The summed E-state index contributed by atoms with van der Waals surface area (Å²) in [6.45, 7) is 6.25. The first kappa shape index (κ1) is 13.9. The van der Waals surface area contributed by atoms with Gasteiger partial charge in [0.05, 0.1) is 0 Å². The lowest BCUT2D eigenvalue weighted by Crippen LogP contribution is -2.55. The monoisotopic (exact) mass is 297 g/mol. The van der Waals surface area contributed by atoms with Crippen LogP contribution in [0.4, 0.5) is 0 Å². The van der Waals surface area contributed by atoms with Crippen LogP contribution in [0.3, 0.4) is 0 Å². The van der Waals surface area contributed by atoms with E-state index in [-0.39, 0.29) is 6.23 Å². The fraction of sp³-hybridized carbons (Fsp3) is 0.571. The number of halogens is 1. The molecule has 0 bridgehead atoms. The predicted octanol–water partition coefficient (Wildman–Crippen LogP) is 1.01. The maximum absolute atomic E-state index is 6.02. The molecule has 0 aromatic heterocycles. The van der Waals surface area contributed by atoms with E-state index in [4.69, 9.17) is 26.8 Å². The second-order valence-electron chi connectivity index (χ2n) is 5.14. The maximum Gasteiger partial charge on any atom is 0.187 e. The summed E-state index contributed by atoms with van der Waals surface area (Å²) in [4.78, 5) is 4.70. The average Bonchev–Trinajstić information content (AvgIpc) is 2.47. The van der Waals surface area contributed by atoms with Crippen molar-refractivity contribution >= 4 is 11.6 Å². The summed E-state index contributed by atoms with van der Waals surface area (Å²) in [6.07, 6.45) is -0.0269. The molecule has 5 nitrogen and oxygen atoms in total. The van der Waals surface area contributed by atoms with Gasteiger partial charge in [-0.2, -0.15) is 0 Å². The first-order valence-electron chi connectivity index (χ1n) is 7.02. The van der Waals surface area contributed by atoms with Gasteiger partial charge in [-0.1, -0.05) is 11.6 Å². The van der Waals surface area contributed by atoms with E-state index < -0.39 is 0 Å². The topological polar surface area (TPSA) is 51.0 Å². The van der Waals surface area contributed by atoms with Crippen LogP contribution in [-0.4, -0.2) is 61.9 Å². The number of ether oxygens (including phenoxy) is 2. The molecule has 1 unspecified atom stereocenters. The van der Waals surface area contributed by atoms with E-state index >= 15 is 0 Å². The number of rotatable bonds is 3. The number of benzene rings is 1. The van der Waals surface area contributed by atoms with Gasteiger partial charge in [-0.25, -0.2) is 0 Å². The molecule has 1 fully saturated rings. The SMILES string of the molecule is NCCN1CCN(C2COc3ccc(Cl)cc3O2)CC1. The predicted molar refractivity (Wildman–Crippen MR) is 78.4 cm³/mol. The molecule has 1 saturated heterocycles.